The Balaban J connectivity index is 1.96. The molecule has 0 fully saturated rings. The number of carbonyl (C=O) groups excluding carboxylic acids is 1. The van der Waals surface area contributed by atoms with Crippen molar-refractivity contribution in [3.05, 3.63) is 11.8 Å². The van der Waals surface area contributed by atoms with Gasteiger partial charge >= 0.3 is 5.97 Å². The Morgan fingerprint density at radius 3 is 2.64 bits per heavy atom. The lowest BCUT2D eigenvalue weighted by atomic mass is 10.1. The standard InChI is InChI=1S/C9H14O2/c1-2-3-4-5-6-8-7-9(10)11-8/h7H,2-6H2,1H3. The van der Waals surface area contributed by atoms with Crippen LogP contribution in [0, 0.1) is 0 Å². The molecule has 1 aliphatic rings. The molecule has 0 N–H and O–H groups in total. The van der Waals surface area contributed by atoms with Gasteiger partial charge in [0.05, 0.1) is 6.08 Å². The average molecular weight is 154 g/mol. The van der Waals surface area contributed by atoms with E-state index in [1.807, 2.05) is 0 Å². The molecule has 0 aliphatic carbocycles. The molecular formula is C9H14O2. The highest BCUT2D eigenvalue weighted by atomic mass is 16.6. The first-order valence-corrected chi connectivity index (χ1v) is 4.25. The van der Waals surface area contributed by atoms with E-state index in [2.05, 4.69) is 6.92 Å². The van der Waals surface area contributed by atoms with E-state index in [0.717, 1.165) is 18.6 Å². The number of unbranched alkanes of at least 4 members (excludes halogenated alkanes) is 3. The van der Waals surface area contributed by atoms with Crippen molar-refractivity contribution in [2.45, 2.75) is 39.0 Å². The second kappa shape index (κ2) is 4.16. The highest BCUT2D eigenvalue weighted by Crippen LogP contribution is 2.17. The van der Waals surface area contributed by atoms with Gasteiger partial charge in [-0.2, -0.15) is 0 Å². The van der Waals surface area contributed by atoms with Gasteiger partial charge in [0.2, 0.25) is 0 Å². The van der Waals surface area contributed by atoms with E-state index in [1.165, 1.54) is 19.3 Å². The lowest BCUT2D eigenvalue weighted by Crippen LogP contribution is -2.12. The molecule has 0 saturated carbocycles. The van der Waals surface area contributed by atoms with E-state index in [1.54, 1.807) is 6.08 Å². The van der Waals surface area contributed by atoms with Crippen molar-refractivity contribution in [3.8, 4) is 0 Å². The molecule has 11 heavy (non-hydrogen) atoms. The van der Waals surface area contributed by atoms with Gasteiger partial charge in [0.1, 0.15) is 5.76 Å². The molecule has 0 spiro atoms. The number of carbonyl (C=O) groups is 1. The number of esters is 1. The number of allylic oxidation sites excluding steroid dienone is 1. The molecule has 2 heteroatoms. The first kappa shape index (κ1) is 8.31. The number of ether oxygens (including phenoxy) is 1. The maximum Gasteiger partial charge on any atom is 0.339 e. The molecule has 0 radical (unpaired) electrons. The van der Waals surface area contributed by atoms with E-state index in [9.17, 15) is 4.79 Å². The number of cyclic esters (lactones) is 1. The maximum absolute atomic E-state index is 10.3. The molecule has 0 aromatic rings. The van der Waals surface area contributed by atoms with Crippen LogP contribution in [0.3, 0.4) is 0 Å². The molecule has 0 aromatic carbocycles. The second-order valence-electron chi connectivity index (χ2n) is 2.84. The Morgan fingerprint density at radius 2 is 2.09 bits per heavy atom. The summed E-state index contributed by atoms with van der Waals surface area (Å²) in [5.41, 5.74) is 0. The summed E-state index contributed by atoms with van der Waals surface area (Å²) in [4.78, 5) is 10.3. The van der Waals surface area contributed by atoms with E-state index >= 15 is 0 Å². The summed E-state index contributed by atoms with van der Waals surface area (Å²) in [6, 6.07) is 0. The first-order chi connectivity index (χ1) is 5.33. The largest absolute Gasteiger partial charge is 0.428 e. The Bertz CT molecular complexity index is 170. The van der Waals surface area contributed by atoms with Gasteiger partial charge in [-0.3, -0.25) is 0 Å². The SMILES string of the molecule is CCCCCCC1=CC(=O)O1. The van der Waals surface area contributed by atoms with Crippen LogP contribution >= 0.6 is 0 Å². The monoisotopic (exact) mass is 154 g/mol. The van der Waals surface area contributed by atoms with Crippen LogP contribution in [-0.2, 0) is 9.53 Å². The molecule has 1 heterocycles. The molecule has 1 aliphatic heterocycles. The van der Waals surface area contributed by atoms with Gasteiger partial charge in [-0.25, -0.2) is 4.79 Å². The number of hydrogen-bond donors (Lipinski definition) is 0. The summed E-state index contributed by atoms with van der Waals surface area (Å²) in [5, 5.41) is 0. The highest BCUT2D eigenvalue weighted by molar-refractivity contribution is 5.88. The fourth-order valence-electron chi connectivity index (χ4n) is 1.11. The van der Waals surface area contributed by atoms with E-state index in [0.29, 0.717) is 0 Å². The molecule has 0 aromatic heterocycles. The van der Waals surface area contributed by atoms with Crippen LogP contribution in [0.15, 0.2) is 11.8 Å². The topological polar surface area (TPSA) is 26.3 Å². The van der Waals surface area contributed by atoms with Crippen molar-refractivity contribution in [2.75, 3.05) is 0 Å². The van der Waals surface area contributed by atoms with Crippen molar-refractivity contribution in [1.29, 1.82) is 0 Å². The third-order valence-corrected chi connectivity index (χ3v) is 1.79. The van der Waals surface area contributed by atoms with Gasteiger partial charge in [-0.05, 0) is 6.42 Å². The quantitative estimate of drug-likeness (QED) is 0.449. The Kier molecular flexibility index (Phi) is 3.14. The third kappa shape index (κ3) is 2.74. The zero-order chi connectivity index (χ0) is 8.10. The molecule has 0 unspecified atom stereocenters. The van der Waals surface area contributed by atoms with Gasteiger partial charge in [0.25, 0.3) is 0 Å². The van der Waals surface area contributed by atoms with Crippen molar-refractivity contribution in [3.63, 3.8) is 0 Å². The Morgan fingerprint density at radius 1 is 1.36 bits per heavy atom. The van der Waals surface area contributed by atoms with Gasteiger partial charge in [-0.1, -0.05) is 26.2 Å². The molecule has 0 atom stereocenters. The molecule has 62 valence electrons. The third-order valence-electron chi connectivity index (χ3n) is 1.79. The van der Waals surface area contributed by atoms with E-state index in [-0.39, 0.29) is 5.97 Å². The molecule has 0 amide bonds. The minimum absolute atomic E-state index is 0.185. The maximum atomic E-state index is 10.3. The van der Waals surface area contributed by atoms with Crippen LogP contribution in [-0.4, -0.2) is 5.97 Å². The fraction of sp³-hybridized carbons (Fsp3) is 0.667. The van der Waals surface area contributed by atoms with Crippen molar-refractivity contribution in [2.24, 2.45) is 0 Å². The predicted octanol–water partition coefficient (Wildman–Crippen LogP) is 2.40. The van der Waals surface area contributed by atoms with Crippen LogP contribution in [0.25, 0.3) is 0 Å². The predicted molar refractivity (Wildman–Crippen MR) is 42.9 cm³/mol. The summed E-state index contributed by atoms with van der Waals surface area (Å²) in [5.74, 6) is 0.682. The first-order valence-electron chi connectivity index (χ1n) is 4.25. The Labute approximate surface area is 67.2 Å². The van der Waals surface area contributed by atoms with E-state index in [4.69, 9.17) is 4.74 Å². The number of hydrogen-bond acceptors (Lipinski definition) is 2. The van der Waals surface area contributed by atoms with Crippen LogP contribution in [0.4, 0.5) is 0 Å². The smallest absolute Gasteiger partial charge is 0.339 e. The van der Waals surface area contributed by atoms with Gasteiger partial charge in [0, 0.05) is 6.42 Å². The van der Waals surface area contributed by atoms with Gasteiger partial charge < -0.3 is 4.74 Å². The van der Waals surface area contributed by atoms with Crippen LogP contribution in [0.5, 0.6) is 0 Å². The highest BCUT2D eigenvalue weighted by Gasteiger charge is 2.15. The Hall–Kier alpha value is -0.790. The lowest BCUT2D eigenvalue weighted by molar-refractivity contribution is -0.138. The average Bonchev–Trinajstić information content (AvgIpc) is 1.94. The zero-order valence-electron chi connectivity index (χ0n) is 6.93. The van der Waals surface area contributed by atoms with Gasteiger partial charge in [-0.15, -0.1) is 0 Å². The molecular weight excluding hydrogens is 140 g/mol. The lowest BCUT2D eigenvalue weighted by Gasteiger charge is -2.13. The minimum atomic E-state index is -0.185. The van der Waals surface area contributed by atoms with Crippen molar-refractivity contribution < 1.29 is 9.53 Å². The minimum Gasteiger partial charge on any atom is -0.428 e. The fourth-order valence-corrected chi connectivity index (χ4v) is 1.11. The summed E-state index contributed by atoms with van der Waals surface area (Å²) in [6.45, 7) is 2.18. The van der Waals surface area contributed by atoms with Crippen LogP contribution < -0.4 is 0 Å². The summed E-state index contributed by atoms with van der Waals surface area (Å²) in [6.07, 6.45) is 7.43. The molecule has 0 bridgehead atoms. The molecule has 1 rings (SSSR count). The summed E-state index contributed by atoms with van der Waals surface area (Å²) < 4.78 is 4.74. The zero-order valence-corrected chi connectivity index (χ0v) is 6.93. The van der Waals surface area contributed by atoms with E-state index < -0.39 is 0 Å². The van der Waals surface area contributed by atoms with Crippen molar-refractivity contribution >= 4 is 5.97 Å². The van der Waals surface area contributed by atoms with Crippen LogP contribution in [0.2, 0.25) is 0 Å². The second-order valence-corrected chi connectivity index (χ2v) is 2.84. The van der Waals surface area contributed by atoms with Gasteiger partial charge in [0.15, 0.2) is 0 Å². The summed E-state index contributed by atoms with van der Waals surface area (Å²) >= 11 is 0. The number of rotatable bonds is 5. The normalized spacial score (nSPS) is 15.4. The van der Waals surface area contributed by atoms with Crippen molar-refractivity contribution in [1.82, 2.24) is 0 Å². The molecule has 2 nitrogen and oxygen atoms in total. The summed E-state index contributed by atoms with van der Waals surface area (Å²) in [7, 11) is 0. The van der Waals surface area contributed by atoms with Crippen LogP contribution in [0.1, 0.15) is 39.0 Å². The molecule has 0 saturated heterocycles.